The first kappa shape index (κ1) is 10.4. The van der Waals surface area contributed by atoms with Crippen molar-refractivity contribution in [1.82, 2.24) is 14.9 Å². The van der Waals surface area contributed by atoms with Crippen LogP contribution in [0.25, 0.3) is 5.69 Å². The van der Waals surface area contributed by atoms with Crippen molar-refractivity contribution in [1.29, 1.82) is 0 Å². The molecule has 4 heteroatoms. The van der Waals surface area contributed by atoms with Crippen molar-refractivity contribution < 1.29 is 5.11 Å². The zero-order valence-corrected chi connectivity index (χ0v) is 9.50. The number of nitrogens with zero attached hydrogens (tertiary/aromatic N) is 2. The number of benzene rings is 1. The Hall–Kier alpha value is -1.81. The Kier molecular flexibility index (Phi) is 2.57. The average molecular weight is 229 g/mol. The van der Waals surface area contributed by atoms with Gasteiger partial charge >= 0.3 is 0 Å². The van der Waals surface area contributed by atoms with Gasteiger partial charge in [0.15, 0.2) is 0 Å². The molecule has 1 aliphatic rings. The molecule has 3 rings (SSSR count). The van der Waals surface area contributed by atoms with Crippen LogP contribution in [0.15, 0.2) is 36.7 Å². The molecule has 1 unspecified atom stereocenters. The molecule has 4 nitrogen and oxygen atoms in total. The van der Waals surface area contributed by atoms with Gasteiger partial charge in [0.1, 0.15) is 11.6 Å². The van der Waals surface area contributed by atoms with Gasteiger partial charge in [-0.1, -0.05) is 12.1 Å². The lowest BCUT2D eigenvalue weighted by molar-refractivity contribution is 0.471. The van der Waals surface area contributed by atoms with E-state index < -0.39 is 0 Å². The molecule has 0 aliphatic carbocycles. The van der Waals surface area contributed by atoms with Gasteiger partial charge in [-0.3, -0.25) is 4.57 Å². The van der Waals surface area contributed by atoms with Gasteiger partial charge in [-0.25, -0.2) is 4.98 Å². The van der Waals surface area contributed by atoms with Crippen molar-refractivity contribution in [3.8, 4) is 11.4 Å². The van der Waals surface area contributed by atoms with E-state index >= 15 is 0 Å². The lowest BCUT2D eigenvalue weighted by atomic mass is 10.1. The minimum atomic E-state index is 0.290. The van der Waals surface area contributed by atoms with Gasteiger partial charge in [-0.05, 0) is 25.1 Å². The van der Waals surface area contributed by atoms with E-state index in [1.54, 1.807) is 12.3 Å². The van der Waals surface area contributed by atoms with Crippen LogP contribution >= 0.6 is 0 Å². The number of aromatic hydroxyl groups is 1. The Labute approximate surface area is 99.9 Å². The van der Waals surface area contributed by atoms with E-state index in [-0.39, 0.29) is 5.75 Å². The van der Waals surface area contributed by atoms with Crippen LogP contribution in [0, 0.1) is 0 Å². The summed E-state index contributed by atoms with van der Waals surface area (Å²) in [6, 6.07) is 7.35. The van der Waals surface area contributed by atoms with Crippen molar-refractivity contribution >= 4 is 0 Å². The summed E-state index contributed by atoms with van der Waals surface area (Å²) in [6.45, 7) is 2.00. The van der Waals surface area contributed by atoms with Crippen molar-refractivity contribution in [3.05, 3.63) is 42.5 Å². The predicted molar refractivity (Wildman–Crippen MR) is 65.5 cm³/mol. The van der Waals surface area contributed by atoms with Gasteiger partial charge < -0.3 is 10.4 Å². The van der Waals surface area contributed by atoms with Crippen LogP contribution in [-0.2, 0) is 0 Å². The van der Waals surface area contributed by atoms with Crippen LogP contribution in [0.5, 0.6) is 5.75 Å². The number of hydrogen-bond donors (Lipinski definition) is 2. The SMILES string of the molecule is Oc1ccccc1-n1ccnc1C1CCNC1. The third kappa shape index (κ3) is 1.80. The monoisotopic (exact) mass is 229 g/mol. The molecule has 2 heterocycles. The number of aromatic nitrogens is 2. The number of phenolic OH excluding ortho intramolecular Hbond substituents is 1. The van der Waals surface area contributed by atoms with Crippen LogP contribution in [0.1, 0.15) is 18.2 Å². The van der Waals surface area contributed by atoms with E-state index in [1.807, 2.05) is 29.0 Å². The van der Waals surface area contributed by atoms with Crippen LogP contribution < -0.4 is 5.32 Å². The van der Waals surface area contributed by atoms with Gasteiger partial charge in [0, 0.05) is 24.9 Å². The number of nitrogens with one attached hydrogen (secondary N) is 1. The third-order valence-corrected chi connectivity index (χ3v) is 3.24. The van der Waals surface area contributed by atoms with Gasteiger partial charge in [-0.2, -0.15) is 0 Å². The van der Waals surface area contributed by atoms with Crippen molar-refractivity contribution in [3.63, 3.8) is 0 Å². The molecular formula is C13H15N3O. The predicted octanol–water partition coefficient (Wildman–Crippen LogP) is 1.65. The minimum absolute atomic E-state index is 0.290. The Morgan fingerprint density at radius 1 is 1.35 bits per heavy atom. The highest BCUT2D eigenvalue weighted by Gasteiger charge is 2.22. The standard InChI is InChI=1S/C13H15N3O/c17-12-4-2-1-3-11(12)16-8-7-15-13(16)10-5-6-14-9-10/h1-4,7-8,10,14,17H,5-6,9H2. The second-order valence-electron chi connectivity index (χ2n) is 4.33. The summed E-state index contributed by atoms with van der Waals surface area (Å²) < 4.78 is 1.98. The number of hydrogen-bond acceptors (Lipinski definition) is 3. The quantitative estimate of drug-likeness (QED) is 0.823. The van der Waals surface area contributed by atoms with Crippen molar-refractivity contribution in [2.75, 3.05) is 13.1 Å². The zero-order valence-electron chi connectivity index (χ0n) is 9.50. The summed E-state index contributed by atoms with van der Waals surface area (Å²) >= 11 is 0. The number of imidazole rings is 1. The fourth-order valence-electron chi connectivity index (χ4n) is 2.36. The Balaban J connectivity index is 2.04. The molecule has 1 saturated heterocycles. The molecule has 1 atom stereocenters. The van der Waals surface area contributed by atoms with Crippen LogP contribution in [0.2, 0.25) is 0 Å². The first-order valence-corrected chi connectivity index (χ1v) is 5.88. The summed E-state index contributed by atoms with van der Waals surface area (Å²) in [5.41, 5.74) is 0.798. The van der Waals surface area contributed by atoms with Crippen molar-refractivity contribution in [2.24, 2.45) is 0 Å². The normalized spacial score (nSPS) is 19.6. The smallest absolute Gasteiger partial charge is 0.139 e. The van der Waals surface area contributed by atoms with E-state index in [0.717, 1.165) is 31.0 Å². The van der Waals surface area contributed by atoms with Gasteiger partial charge in [0.25, 0.3) is 0 Å². The highest BCUT2D eigenvalue weighted by Crippen LogP contribution is 2.27. The molecule has 0 amide bonds. The largest absolute Gasteiger partial charge is 0.506 e. The summed E-state index contributed by atoms with van der Waals surface area (Å²) in [5.74, 6) is 1.75. The first-order chi connectivity index (χ1) is 8.36. The molecule has 0 radical (unpaired) electrons. The zero-order chi connectivity index (χ0) is 11.7. The number of para-hydroxylation sites is 2. The van der Waals surface area contributed by atoms with E-state index in [9.17, 15) is 5.11 Å². The number of rotatable bonds is 2. The maximum Gasteiger partial charge on any atom is 0.139 e. The maximum absolute atomic E-state index is 9.89. The second-order valence-corrected chi connectivity index (χ2v) is 4.33. The van der Waals surface area contributed by atoms with E-state index in [2.05, 4.69) is 10.3 Å². The Bertz CT molecular complexity index is 515. The molecule has 88 valence electrons. The lowest BCUT2D eigenvalue weighted by Crippen LogP contribution is -2.11. The molecule has 1 fully saturated rings. The highest BCUT2D eigenvalue weighted by molar-refractivity contribution is 5.46. The molecule has 1 aromatic carbocycles. The second kappa shape index (κ2) is 4.22. The van der Waals surface area contributed by atoms with Gasteiger partial charge in [0.2, 0.25) is 0 Å². The van der Waals surface area contributed by atoms with Crippen LogP contribution in [0.4, 0.5) is 0 Å². The van der Waals surface area contributed by atoms with Crippen LogP contribution in [0.3, 0.4) is 0 Å². The number of phenols is 1. The van der Waals surface area contributed by atoms with Crippen molar-refractivity contribution in [2.45, 2.75) is 12.3 Å². The third-order valence-electron chi connectivity index (χ3n) is 3.24. The Morgan fingerprint density at radius 2 is 2.24 bits per heavy atom. The van der Waals surface area contributed by atoms with Gasteiger partial charge in [-0.15, -0.1) is 0 Å². The summed E-state index contributed by atoms with van der Waals surface area (Å²) in [4.78, 5) is 4.43. The molecule has 0 saturated carbocycles. The highest BCUT2D eigenvalue weighted by atomic mass is 16.3. The molecule has 2 N–H and O–H groups in total. The minimum Gasteiger partial charge on any atom is -0.506 e. The fraction of sp³-hybridized carbons (Fsp3) is 0.308. The molecule has 1 aliphatic heterocycles. The average Bonchev–Trinajstić information content (AvgIpc) is 3.00. The summed E-state index contributed by atoms with van der Waals surface area (Å²) in [5, 5.41) is 13.2. The fourth-order valence-corrected chi connectivity index (χ4v) is 2.36. The lowest BCUT2D eigenvalue weighted by Gasteiger charge is -2.13. The molecular weight excluding hydrogens is 214 g/mol. The molecule has 0 spiro atoms. The molecule has 2 aromatic rings. The maximum atomic E-state index is 9.89. The Morgan fingerprint density at radius 3 is 3.00 bits per heavy atom. The molecule has 17 heavy (non-hydrogen) atoms. The first-order valence-electron chi connectivity index (χ1n) is 5.88. The molecule has 1 aromatic heterocycles. The van der Waals surface area contributed by atoms with E-state index in [0.29, 0.717) is 5.92 Å². The topological polar surface area (TPSA) is 50.1 Å². The molecule has 0 bridgehead atoms. The van der Waals surface area contributed by atoms with E-state index in [4.69, 9.17) is 0 Å². The van der Waals surface area contributed by atoms with E-state index in [1.165, 1.54) is 0 Å². The summed E-state index contributed by atoms with van der Waals surface area (Å²) in [6.07, 6.45) is 4.80. The van der Waals surface area contributed by atoms with Crippen LogP contribution in [-0.4, -0.2) is 27.7 Å². The summed E-state index contributed by atoms with van der Waals surface area (Å²) in [7, 11) is 0. The van der Waals surface area contributed by atoms with Gasteiger partial charge in [0.05, 0.1) is 5.69 Å².